The standard InChI is InChI=1S/C18H18N4O2.ClH/c1-20-18(19)22-17(23)14-10-13-8-5-9-15(16(13)21-14)24-11-12-6-3-2-4-7-12;/h2-10,21H,11H2,1H3,(H3,19,20,22,23);1H. The van der Waals surface area contributed by atoms with Crippen LogP contribution in [0.25, 0.3) is 10.9 Å². The minimum Gasteiger partial charge on any atom is -0.487 e. The number of rotatable bonds is 4. The summed E-state index contributed by atoms with van der Waals surface area (Å²) in [6.07, 6.45) is 0. The molecule has 0 aliphatic heterocycles. The third-order valence-electron chi connectivity index (χ3n) is 3.56. The van der Waals surface area contributed by atoms with Gasteiger partial charge in [-0.15, -0.1) is 12.4 Å². The van der Waals surface area contributed by atoms with Gasteiger partial charge in [-0.25, -0.2) is 0 Å². The van der Waals surface area contributed by atoms with Crippen molar-refractivity contribution in [3.8, 4) is 5.75 Å². The minimum atomic E-state index is -0.438. The molecule has 0 aliphatic carbocycles. The second kappa shape index (κ2) is 8.21. The summed E-state index contributed by atoms with van der Waals surface area (Å²) in [5.41, 5.74) is 7.72. The van der Waals surface area contributed by atoms with Crippen LogP contribution in [0.3, 0.4) is 0 Å². The van der Waals surface area contributed by atoms with Gasteiger partial charge >= 0.3 is 0 Å². The molecule has 0 saturated carbocycles. The number of nitrogens with one attached hydrogen (secondary N) is 2. The van der Waals surface area contributed by atoms with Crippen LogP contribution in [0.5, 0.6) is 5.75 Å². The average Bonchev–Trinajstić information content (AvgIpc) is 3.05. The number of carbonyl (C=O) groups is 1. The van der Waals surface area contributed by atoms with Crippen LogP contribution < -0.4 is 15.8 Å². The molecule has 130 valence electrons. The van der Waals surface area contributed by atoms with Gasteiger partial charge in [-0.2, -0.15) is 4.99 Å². The molecule has 0 atom stereocenters. The molecule has 0 saturated heterocycles. The van der Waals surface area contributed by atoms with Crippen molar-refractivity contribution in [1.29, 1.82) is 0 Å². The lowest BCUT2D eigenvalue weighted by Gasteiger charge is -2.07. The number of aliphatic imine (C=N–C) groups is 1. The lowest BCUT2D eigenvalue weighted by molar-refractivity contribution is 0.0998. The van der Waals surface area contributed by atoms with E-state index in [2.05, 4.69) is 15.3 Å². The van der Waals surface area contributed by atoms with Crippen molar-refractivity contribution >= 4 is 35.2 Å². The van der Waals surface area contributed by atoms with E-state index >= 15 is 0 Å². The van der Waals surface area contributed by atoms with Gasteiger partial charge in [0.25, 0.3) is 5.91 Å². The van der Waals surface area contributed by atoms with Crippen LogP contribution in [0.15, 0.2) is 59.6 Å². The number of H-pyrrole nitrogens is 1. The van der Waals surface area contributed by atoms with E-state index in [0.29, 0.717) is 18.1 Å². The van der Waals surface area contributed by atoms with Crippen molar-refractivity contribution in [3.05, 3.63) is 65.9 Å². The minimum absolute atomic E-state index is 0. The molecule has 2 aromatic carbocycles. The first-order valence-corrected chi connectivity index (χ1v) is 7.52. The highest BCUT2D eigenvalue weighted by molar-refractivity contribution is 6.04. The number of nitrogens with zero attached hydrogens (tertiary/aromatic N) is 1. The van der Waals surface area contributed by atoms with Crippen molar-refractivity contribution in [2.45, 2.75) is 6.61 Å². The average molecular weight is 359 g/mol. The van der Waals surface area contributed by atoms with Gasteiger partial charge in [0.2, 0.25) is 0 Å². The normalized spacial score (nSPS) is 11.0. The molecular formula is C18H19ClN4O2. The van der Waals surface area contributed by atoms with Crippen LogP contribution in [0.4, 0.5) is 0 Å². The number of para-hydroxylation sites is 1. The van der Waals surface area contributed by atoms with Gasteiger partial charge in [0, 0.05) is 12.4 Å². The Labute approximate surface area is 151 Å². The number of fused-ring (bicyclic) bond motifs is 1. The molecule has 1 heterocycles. The highest BCUT2D eigenvalue weighted by Gasteiger charge is 2.12. The molecule has 0 radical (unpaired) electrons. The highest BCUT2D eigenvalue weighted by atomic mass is 35.5. The molecule has 0 fully saturated rings. The third kappa shape index (κ3) is 4.30. The van der Waals surface area contributed by atoms with E-state index in [0.717, 1.165) is 16.5 Å². The van der Waals surface area contributed by atoms with E-state index in [-0.39, 0.29) is 18.4 Å². The van der Waals surface area contributed by atoms with Gasteiger partial charge in [-0.05, 0) is 17.7 Å². The summed E-state index contributed by atoms with van der Waals surface area (Å²) in [6, 6.07) is 17.3. The third-order valence-corrected chi connectivity index (χ3v) is 3.56. The van der Waals surface area contributed by atoms with Crippen LogP contribution in [0, 0.1) is 0 Å². The Morgan fingerprint density at radius 3 is 2.68 bits per heavy atom. The summed E-state index contributed by atoms with van der Waals surface area (Å²) in [5, 5.41) is 3.49. The van der Waals surface area contributed by atoms with Crippen LogP contribution in [-0.4, -0.2) is 23.9 Å². The number of guanidine groups is 1. The van der Waals surface area contributed by atoms with E-state index in [1.54, 1.807) is 13.1 Å². The zero-order valence-corrected chi connectivity index (χ0v) is 14.5. The Hall–Kier alpha value is -2.99. The van der Waals surface area contributed by atoms with E-state index in [9.17, 15) is 4.79 Å². The van der Waals surface area contributed by atoms with Crippen molar-refractivity contribution in [3.63, 3.8) is 0 Å². The lowest BCUT2D eigenvalue weighted by atomic mass is 10.2. The fourth-order valence-electron chi connectivity index (χ4n) is 2.32. The van der Waals surface area contributed by atoms with Gasteiger partial charge < -0.3 is 20.8 Å². The van der Waals surface area contributed by atoms with Crippen molar-refractivity contribution in [1.82, 2.24) is 10.3 Å². The van der Waals surface area contributed by atoms with Crippen LogP contribution >= 0.6 is 12.4 Å². The fourth-order valence-corrected chi connectivity index (χ4v) is 2.32. The van der Waals surface area contributed by atoms with Crippen LogP contribution in [-0.2, 0) is 6.61 Å². The summed E-state index contributed by atoms with van der Waals surface area (Å²) in [7, 11) is 1.60. The second-order valence-corrected chi connectivity index (χ2v) is 5.23. The Balaban J connectivity index is 0.00000225. The molecule has 6 nitrogen and oxygen atoms in total. The first-order valence-electron chi connectivity index (χ1n) is 7.52. The molecule has 0 spiro atoms. The first-order chi connectivity index (χ1) is 11.7. The van der Waals surface area contributed by atoms with Crippen molar-refractivity contribution in [2.24, 2.45) is 10.7 Å². The summed E-state index contributed by atoms with van der Waals surface area (Å²) in [5.74, 6) is 0.312. The molecule has 0 unspecified atom stereocenters. The summed E-state index contributed by atoms with van der Waals surface area (Å²) < 4.78 is 5.89. The second-order valence-electron chi connectivity index (χ2n) is 5.23. The number of hydrogen-bond donors (Lipinski definition) is 3. The molecule has 0 aliphatic rings. The van der Waals surface area contributed by atoms with Crippen molar-refractivity contribution < 1.29 is 9.53 Å². The van der Waals surface area contributed by atoms with E-state index in [1.165, 1.54) is 0 Å². The van der Waals surface area contributed by atoms with Crippen LogP contribution in [0.1, 0.15) is 16.1 Å². The van der Waals surface area contributed by atoms with Gasteiger partial charge in [-0.1, -0.05) is 42.5 Å². The molecule has 1 amide bonds. The monoisotopic (exact) mass is 358 g/mol. The maximum atomic E-state index is 12.1. The summed E-state index contributed by atoms with van der Waals surface area (Å²) >= 11 is 0. The number of halogens is 1. The SMILES string of the molecule is CNC(N)=NC(=O)c1cc2cccc(OCc3ccccc3)c2[nH]1.Cl. The zero-order valence-electron chi connectivity index (χ0n) is 13.7. The Morgan fingerprint density at radius 2 is 1.96 bits per heavy atom. The number of hydrogen-bond acceptors (Lipinski definition) is 2. The quantitative estimate of drug-likeness (QED) is 0.494. The molecule has 7 heteroatoms. The molecule has 3 aromatic rings. The summed E-state index contributed by atoms with van der Waals surface area (Å²) in [4.78, 5) is 18.9. The maximum Gasteiger partial charge on any atom is 0.296 e. The molecular weight excluding hydrogens is 340 g/mol. The predicted octanol–water partition coefficient (Wildman–Crippen LogP) is 2.84. The van der Waals surface area contributed by atoms with Crippen molar-refractivity contribution in [2.75, 3.05) is 7.05 Å². The number of amides is 1. The van der Waals surface area contributed by atoms with E-state index in [4.69, 9.17) is 10.5 Å². The van der Waals surface area contributed by atoms with E-state index in [1.807, 2.05) is 48.5 Å². The fraction of sp³-hybridized carbons (Fsp3) is 0.111. The van der Waals surface area contributed by atoms with Gasteiger partial charge in [-0.3, -0.25) is 4.79 Å². The van der Waals surface area contributed by atoms with E-state index < -0.39 is 5.91 Å². The molecule has 3 rings (SSSR count). The summed E-state index contributed by atoms with van der Waals surface area (Å²) in [6.45, 7) is 0.451. The highest BCUT2D eigenvalue weighted by Crippen LogP contribution is 2.26. The number of ether oxygens (including phenoxy) is 1. The number of aromatic amines is 1. The largest absolute Gasteiger partial charge is 0.487 e. The first kappa shape index (κ1) is 18.4. The smallest absolute Gasteiger partial charge is 0.296 e. The molecule has 25 heavy (non-hydrogen) atoms. The number of carbonyl (C=O) groups excluding carboxylic acids is 1. The zero-order chi connectivity index (χ0) is 16.9. The number of aromatic nitrogens is 1. The maximum absolute atomic E-state index is 12.1. The number of benzene rings is 2. The topological polar surface area (TPSA) is 92.5 Å². The molecule has 0 bridgehead atoms. The lowest BCUT2D eigenvalue weighted by Crippen LogP contribution is -2.28. The Bertz CT molecular complexity index is 890. The Morgan fingerprint density at radius 1 is 1.20 bits per heavy atom. The molecule has 4 N–H and O–H groups in total. The predicted molar refractivity (Wildman–Crippen MR) is 101 cm³/mol. The van der Waals surface area contributed by atoms with Gasteiger partial charge in [0.1, 0.15) is 18.1 Å². The number of nitrogens with two attached hydrogens (primary N) is 1. The van der Waals surface area contributed by atoms with Gasteiger partial charge in [0.15, 0.2) is 5.96 Å². The van der Waals surface area contributed by atoms with Crippen LogP contribution in [0.2, 0.25) is 0 Å². The van der Waals surface area contributed by atoms with Gasteiger partial charge in [0.05, 0.1) is 5.52 Å². The molecule has 1 aromatic heterocycles. The Kier molecular flexibility index (Phi) is 6.03.